The number of nitro benzene ring substituents is 1. The summed E-state index contributed by atoms with van der Waals surface area (Å²) in [6.07, 6.45) is -4.49. The largest absolute Gasteiger partial charge is 0.493 e. The smallest absolute Gasteiger partial charge is 0.416 e. The monoisotopic (exact) mass is 395 g/mol. The molecule has 146 valence electrons. The summed E-state index contributed by atoms with van der Waals surface area (Å²) in [7, 11) is 1.32. The number of methoxy groups -OCH3 is 1. The van der Waals surface area contributed by atoms with Crippen LogP contribution in [-0.4, -0.2) is 22.2 Å². The number of hydrogen-bond acceptors (Lipinski definition) is 7. The average molecular weight is 395 g/mol. The summed E-state index contributed by atoms with van der Waals surface area (Å²) in [5, 5.41) is 14.4. The molecule has 0 bridgehead atoms. The SMILES string of the molecule is COc1cc([N+](=O)[O-])ccc1OCc1nc(-c2cccc(C(F)(F)F)c2)no1. The Labute approximate surface area is 155 Å². The van der Waals surface area contributed by atoms with Gasteiger partial charge in [-0.1, -0.05) is 17.3 Å². The van der Waals surface area contributed by atoms with Crippen LogP contribution in [-0.2, 0) is 12.8 Å². The van der Waals surface area contributed by atoms with E-state index in [1.807, 2.05) is 0 Å². The minimum Gasteiger partial charge on any atom is -0.493 e. The van der Waals surface area contributed by atoms with Gasteiger partial charge in [0.05, 0.1) is 23.7 Å². The quantitative estimate of drug-likeness (QED) is 0.454. The molecule has 3 aromatic rings. The summed E-state index contributed by atoms with van der Waals surface area (Å²) in [6.45, 7) is -0.208. The molecule has 1 heterocycles. The highest BCUT2D eigenvalue weighted by atomic mass is 19.4. The Balaban J connectivity index is 1.75. The standard InChI is InChI=1S/C17H12F3N3O5/c1-26-14-8-12(23(24)25)5-6-13(14)27-9-15-21-16(22-28-15)10-3-2-4-11(7-10)17(18,19)20/h2-8H,9H2,1H3. The van der Waals surface area contributed by atoms with E-state index in [1.54, 1.807) is 0 Å². The predicted octanol–water partition coefficient (Wildman–Crippen LogP) is 4.25. The molecule has 2 aromatic carbocycles. The fourth-order valence-corrected chi connectivity index (χ4v) is 2.29. The van der Waals surface area contributed by atoms with Crippen LogP contribution in [0.5, 0.6) is 11.5 Å². The molecule has 0 amide bonds. The highest BCUT2D eigenvalue weighted by Crippen LogP contribution is 2.33. The van der Waals surface area contributed by atoms with Crippen LogP contribution in [0, 0.1) is 10.1 Å². The highest BCUT2D eigenvalue weighted by Gasteiger charge is 2.30. The van der Waals surface area contributed by atoms with E-state index in [9.17, 15) is 23.3 Å². The third kappa shape index (κ3) is 4.19. The van der Waals surface area contributed by atoms with Gasteiger partial charge in [0.1, 0.15) is 0 Å². The lowest BCUT2D eigenvalue weighted by atomic mass is 10.1. The topological polar surface area (TPSA) is 101 Å². The van der Waals surface area contributed by atoms with Gasteiger partial charge in [-0.25, -0.2) is 0 Å². The molecule has 1 aromatic heterocycles. The maximum atomic E-state index is 12.8. The molecule has 0 saturated heterocycles. The third-order valence-corrected chi connectivity index (χ3v) is 3.63. The molecule has 0 aliphatic carbocycles. The molecular weight excluding hydrogens is 383 g/mol. The zero-order valence-corrected chi connectivity index (χ0v) is 14.3. The van der Waals surface area contributed by atoms with Crippen molar-refractivity contribution < 1.29 is 32.1 Å². The Morgan fingerprint density at radius 1 is 1.18 bits per heavy atom. The van der Waals surface area contributed by atoms with Gasteiger partial charge in [0.15, 0.2) is 18.1 Å². The Morgan fingerprint density at radius 2 is 1.96 bits per heavy atom. The zero-order chi connectivity index (χ0) is 20.3. The van der Waals surface area contributed by atoms with Crippen LogP contribution in [0.25, 0.3) is 11.4 Å². The molecule has 11 heteroatoms. The number of ether oxygens (including phenoxy) is 2. The van der Waals surface area contributed by atoms with Crippen LogP contribution in [0.3, 0.4) is 0 Å². The van der Waals surface area contributed by atoms with Crippen molar-refractivity contribution in [2.75, 3.05) is 7.11 Å². The lowest BCUT2D eigenvalue weighted by Crippen LogP contribution is -2.04. The molecule has 8 nitrogen and oxygen atoms in total. The first-order valence-electron chi connectivity index (χ1n) is 7.73. The molecule has 0 radical (unpaired) electrons. The van der Waals surface area contributed by atoms with Gasteiger partial charge in [-0.3, -0.25) is 10.1 Å². The third-order valence-electron chi connectivity index (χ3n) is 3.63. The van der Waals surface area contributed by atoms with E-state index in [4.69, 9.17) is 14.0 Å². The number of aromatic nitrogens is 2. The summed E-state index contributed by atoms with van der Waals surface area (Å²) in [6, 6.07) is 8.29. The first-order valence-corrected chi connectivity index (χ1v) is 7.73. The van der Waals surface area contributed by atoms with Crippen molar-refractivity contribution in [3.8, 4) is 22.9 Å². The lowest BCUT2D eigenvalue weighted by Gasteiger charge is -2.08. The van der Waals surface area contributed by atoms with E-state index >= 15 is 0 Å². The number of nitrogens with zero attached hydrogens (tertiary/aromatic N) is 3. The van der Waals surface area contributed by atoms with Gasteiger partial charge in [0.2, 0.25) is 5.82 Å². The van der Waals surface area contributed by atoms with Crippen LogP contribution in [0.4, 0.5) is 18.9 Å². The van der Waals surface area contributed by atoms with Crippen LogP contribution in [0.15, 0.2) is 47.0 Å². The number of halogens is 3. The molecule has 28 heavy (non-hydrogen) atoms. The van der Waals surface area contributed by atoms with Crippen LogP contribution in [0.2, 0.25) is 0 Å². The van der Waals surface area contributed by atoms with Crippen molar-refractivity contribution in [2.24, 2.45) is 0 Å². The van der Waals surface area contributed by atoms with Gasteiger partial charge in [-0.05, 0) is 18.2 Å². The van der Waals surface area contributed by atoms with Crippen LogP contribution < -0.4 is 9.47 Å². The number of benzene rings is 2. The minimum absolute atomic E-state index is 0.00724. The first kappa shape index (κ1) is 19.1. The molecule has 3 rings (SSSR count). The molecule has 0 unspecified atom stereocenters. The Bertz CT molecular complexity index is 1000. The molecular formula is C17H12F3N3O5. The Kier molecular flexibility index (Phi) is 5.16. The van der Waals surface area contributed by atoms with Crippen molar-refractivity contribution in [1.29, 1.82) is 0 Å². The molecule has 0 atom stereocenters. The van der Waals surface area contributed by atoms with Gasteiger partial charge in [-0.15, -0.1) is 0 Å². The number of nitro groups is 1. The Morgan fingerprint density at radius 3 is 2.64 bits per heavy atom. The minimum atomic E-state index is -4.49. The summed E-state index contributed by atoms with van der Waals surface area (Å²) >= 11 is 0. The van der Waals surface area contributed by atoms with Crippen LogP contribution >= 0.6 is 0 Å². The molecule has 0 N–H and O–H groups in total. The summed E-state index contributed by atoms with van der Waals surface area (Å²) in [5.41, 5.74) is -0.866. The van der Waals surface area contributed by atoms with Crippen molar-refractivity contribution in [1.82, 2.24) is 10.1 Å². The molecule has 0 fully saturated rings. The normalized spacial score (nSPS) is 11.3. The molecule has 0 saturated carbocycles. The fraction of sp³-hybridized carbons (Fsp3) is 0.176. The van der Waals surface area contributed by atoms with Gasteiger partial charge < -0.3 is 14.0 Å². The van der Waals surface area contributed by atoms with Gasteiger partial charge >= 0.3 is 6.18 Å². The number of alkyl halides is 3. The maximum absolute atomic E-state index is 12.8. The summed E-state index contributed by atoms with van der Waals surface area (Å²) < 4.78 is 53.9. The second-order valence-corrected chi connectivity index (χ2v) is 5.47. The van der Waals surface area contributed by atoms with E-state index in [1.165, 1.54) is 37.4 Å². The van der Waals surface area contributed by atoms with E-state index in [0.717, 1.165) is 12.1 Å². The first-order chi connectivity index (χ1) is 13.3. The van der Waals surface area contributed by atoms with Gasteiger partial charge in [0.25, 0.3) is 11.6 Å². The van der Waals surface area contributed by atoms with E-state index in [2.05, 4.69) is 10.1 Å². The van der Waals surface area contributed by atoms with Gasteiger partial charge in [-0.2, -0.15) is 18.2 Å². The predicted molar refractivity (Wildman–Crippen MR) is 88.7 cm³/mol. The highest BCUT2D eigenvalue weighted by molar-refractivity contribution is 5.55. The molecule has 0 spiro atoms. The summed E-state index contributed by atoms with van der Waals surface area (Å²) in [4.78, 5) is 14.2. The number of rotatable bonds is 6. The maximum Gasteiger partial charge on any atom is 0.416 e. The number of hydrogen-bond donors (Lipinski definition) is 0. The van der Waals surface area contributed by atoms with Gasteiger partial charge in [0, 0.05) is 11.6 Å². The van der Waals surface area contributed by atoms with E-state index in [-0.39, 0.29) is 41.1 Å². The van der Waals surface area contributed by atoms with Crippen LogP contribution in [0.1, 0.15) is 11.5 Å². The number of non-ortho nitro benzene ring substituents is 1. The fourth-order valence-electron chi connectivity index (χ4n) is 2.29. The second-order valence-electron chi connectivity index (χ2n) is 5.47. The van der Waals surface area contributed by atoms with Crippen molar-refractivity contribution in [3.05, 3.63) is 64.0 Å². The van der Waals surface area contributed by atoms with E-state index in [0.29, 0.717) is 0 Å². The zero-order valence-electron chi connectivity index (χ0n) is 14.3. The Hall–Kier alpha value is -3.63. The molecule has 0 aliphatic heterocycles. The lowest BCUT2D eigenvalue weighted by molar-refractivity contribution is -0.385. The molecule has 0 aliphatic rings. The van der Waals surface area contributed by atoms with E-state index < -0.39 is 16.7 Å². The second kappa shape index (κ2) is 7.55. The van der Waals surface area contributed by atoms with Crippen molar-refractivity contribution >= 4 is 5.69 Å². The summed E-state index contributed by atoms with van der Waals surface area (Å²) in [5.74, 6) is 0.312. The average Bonchev–Trinajstić information content (AvgIpc) is 3.14. The van der Waals surface area contributed by atoms with Crippen molar-refractivity contribution in [3.63, 3.8) is 0 Å². The van der Waals surface area contributed by atoms with Crippen molar-refractivity contribution in [2.45, 2.75) is 12.8 Å².